The number of nitrogens with zero attached hydrogens (tertiary/aromatic N) is 3. The van der Waals surface area contributed by atoms with E-state index < -0.39 is 0 Å². The molecule has 0 aliphatic heterocycles. The van der Waals surface area contributed by atoms with Crippen LogP contribution in [0.1, 0.15) is 20.8 Å². The van der Waals surface area contributed by atoms with Gasteiger partial charge in [0.05, 0.1) is 18.1 Å². The van der Waals surface area contributed by atoms with Gasteiger partial charge < -0.3 is 10.6 Å². The number of aromatic nitrogens is 2. The van der Waals surface area contributed by atoms with Crippen LogP contribution in [0.2, 0.25) is 0 Å². The van der Waals surface area contributed by atoms with Gasteiger partial charge in [0.25, 0.3) is 0 Å². The van der Waals surface area contributed by atoms with E-state index in [1.165, 1.54) is 0 Å². The Morgan fingerprint density at radius 1 is 1.21 bits per heavy atom. The molecule has 0 spiro atoms. The van der Waals surface area contributed by atoms with Crippen LogP contribution in [-0.4, -0.2) is 23.1 Å². The molecular formula is C10H18N4. The Morgan fingerprint density at radius 3 is 2.14 bits per heavy atom. The number of nitrogens with two attached hydrogens (primary N) is 1. The van der Waals surface area contributed by atoms with Crippen molar-refractivity contribution in [2.75, 3.05) is 17.7 Å². The molecule has 0 bridgehead atoms. The van der Waals surface area contributed by atoms with Crippen LogP contribution in [0, 0.1) is 5.92 Å². The molecule has 0 saturated carbocycles. The summed E-state index contributed by atoms with van der Waals surface area (Å²) in [6.07, 6.45) is 3.26. The summed E-state index contributed by atoms with van der Waals surface area (Å²) >= 11 is 0. The van der Waals surface area contributed by atoms with Gasteiger partial charge in [-0.3, -0.25) is 0 Å². The van der Waals surface area contributed by atoms with Gasteiger partial charge in [-0.1, -0.05) is 13.8 Å². The summed E-state index contributed by atoms with van der Waals surface area (Å²) < 4.78 is 0. The van der Waals surface area contributed by atoms with Crippen molar-refractivity contribution >= 4 is 11.6 Å². The maximum absolute atomic E-state index is 5.52. The van der Waals surface area contributed by atoms with Gasteiger partial charge in [-0.15, -0.1) is 0 Å². The summed E-state index contributed by atoms with van der Waals surface area (Å²) in [7, 11) is 2.00. The van der Waals surface area contributed by atoms with Crippen LogP contribution >= 0.6 is 0 Å². The van der Waals surface area contributed by atoms with Crippen molar-refractivity contribution in [2.24, 2.45) is 5.92 Å². The van der Waals surface area contributed by atoms with Crippen LogP contribution < -0.4 is 10.6 Å². The molecule has 14 heavy (non-hydrogen) atoms. The first-order chi connectivity index (χ1) is 6.52. The zero-order valence-corrected chi connectivity index (χ0v) is 9.23. The summed E-state index contributed by atoms with van der Waals surface area (Å²) in [6, 6.07) is 0.415. The van der Waals surface area contributed by atoms with E-state index in [0.717, 1.165) is 5.95 Å². The molecule has 0 aliphatic carbocycles. The zero-order valence-electron chi connectivity index (χ0n) is 9.23. The van der Waals surface area contributed by atoms with E-state index in [-0.39, 0.29) is 0 Å². The molecule has 1 unspecified atom stereocenters. The first-order valence-electron chi connectivity index (χ1n) is 4.82. The van der Waals surface area contributed by atoms with Crippen LogP contribution in [0.5, 0.6) is 0 Å². The fourth-order valence-corrected chi connectivity index (χ4v) is 1.14. The first kappa shape index (κ1) is 10.8. The van der Waals surface area contributed by atoms with Crippen molar-refractivity contribution in [2.45, 2.75) is 26.8 Å². The highest BCUT2D eigenvalue weighted by Crippen LogP contribution is 2.14. The Hall–Kier alpha value is -1.32. The van der Waals surface area contributed by atoms with Gasteiger partial charge in [0.2, 0.25) is 5.95 Å². The minimum Gasteiger partial charge on any atom is -0.396 e. The molecular weight excluding hydrogens is 176 g/mol. The van der Waals surface area contributed by atoms with E-state index in [1.807, 2.05) is 7.05 Å². The van der Waals surface area contributed by atoms with Gasteiger partial charge in [-0.2, -0.15) is 0 Å². The van der Waals surface area contributed by atoms with Crippen LogP contribution in [-0.2, 0) is 0 Å². The van der Waals surface area contributed by atoms with Gasteiger partial charge in [-0.05, 0) is 12.8 Å². The third-order valence-corrected chi connectivity index (χ3v) is 2.55. The maximum atomic E-state index is 5.52. The highest BCUT2D eigenvalue weighted by molar-refractivity contribution is 5.37. The summed E-state index contributed by atoms with van der Waals surface area (Å²) in [5.74, 6) is 1.29. The van der Waals surface area contributed by atoms with Crippen molar-refractivity contribution in [3.8, 4) is 0 Å². The average molecular weight is 194 g/mol. The highest BCUT2D eigenvalue weighted by atomic mass is 15.2. The second-order valence-electron chi connectivity index (χ2n) is 3.91. The Bertz CT molecular complexity index is 281. The molecule has 0 aromatic carbocycles. The average Bonchev–Trinajstić information content (AvgIpc) is 2.16. The summed E-state index contributed by atoms with van der Waals surface area (Å²) in [6.45, 7) is 6.52. The minimum atomic E-state index is 0.415. The fraction of sp³-hybridized carbons (Fsp3) is 0.600. The molecule has 1 heterocycles. The van der Waals surface area contributed by atoms with E-state index in [0.29, 0.717) is 17.6 Å². The molecule has 0 aliphatic rings. The van der Waals surface area contributed by atoms with E-state index in [9.17, 15) is 0 Å². The van der Waals surface area contributed by atoms with Gasteiger partial charge >= 0.3 is 0 Å². The SMILES string of the molecule is CC(C)C(C)N(C)c1ncc(N)cn1. The number of anilines is 2. The Morgan fingerprint density at radius 2 is 1.71 bits per heavy atom. The van der Waals surface area contributed by atoms with E-state index in [1.54, 1.807) is 12.4 Å². The largest absolute Gasteiger partial charge is 0.396 e. The smallest absolute Gasteiger partial charge is 0.225 e. The van der Waals surface area contributed by atoms with Gasteiger partial charge in [0.1, 0.15) is 0 Å². The highest BCUT2D eigenvalue weighted by Gasteiger charge is 2.15. The molecule has 2 N–H and O–H groups in total. The van der Waals surface area contributed by atoms with Gasteiger partial charge in [0.15, 0.2) is 0 Å². The second-order valence-corrected chi connectivity index (χ2v) is 3.91. The molecule has 0 radical (unpaired) electrons. The fourth-order valence-electron chi connectivity index (χ4n) is 1.14. The molecule has 0 saturated heterocycles. The normalized spacial score (nSPS) is 12.9. The molecule has 4 heteroatoms. The lowest BCUT2D eigenvalue weighted by atomic mass is 10.1. The lowest BCUT2D eigenvalue weighted by Gasteiger charge is -2.27. The van der Waals surface area contributed by atoms with Crippen LogP contribution in [0.15, 0.2) is 12.4 Å². The van der Waals surface area contributed by atoms with E-state index in [2.05, 4.69) is 35.6 Å². The van der Waals surface area contributed by atoms with Crippen molar-refractivity contribution in [1.29, 1.82) is 0 Å². The summed E-state index contributed by atoms with van der Waals surface area (Å²) in [5, 5.41) is 0. The topological polar surface area (TPSA) is 55.0 Å². The van der Waals surface area contributed by atoms with Crippen LogP contribution in [0.3, 0.4) is 0 Å². The quantitative estimate of drug-likeness (QED) is 0.793. The number of hydrogen-bond acceptors (Lipinski definition) is 4. The third kappa shape index (κ3) is 2.34. The lowest BCUT2D eigenvalue weighted by Crippen LogP contribution is -2.34. The molecule has 1 rings (SSSR count). The molecule has 1 aromatic rings. The van der Waals surface area contributed by atoms with Gasteiger partial charge in [-0.25, -0.2) is 9.97 Å². The Balaban J connectivity index is 2.78. The van der Waals surface area contributed by atoms with E-state index in [4.69, 9.17) is 5.73 Å². The third-order valence-electron chi connectivity index (χ3n) is 2.55. The Kier molecular flexibility index (Phi) is 3.28. The zero-order chi connectivity index (χ0) is 10.7. The first-order valence-corrected chi connectivity index (χ1v) is 4.82. The second kappa shape index (κ2) is 4.26. The molecule has 4 nitrogen and oxygen atoms in total. The van der Waals surface area contributed by atoms with Crippen LogP contribution in [0.25, 0.3) is 0 Å². The predicted octanol–water partition coefficient (Wildman–Crippen LogP) is 1.54. The van der Waals surface area contributed by atoms with Crippen molar-refractivity contribution in [1.82, 2.24) is 9.97 Å². The summed E-state index contributed by atoms with van der Waals surface area (Å²) in [5.41, 5.74) is 6.12. The number of rotatable bonds is 3. The number of hydrogen-bond donors (Lipinski definition) is 1. The molecule has 1 aromatic heterocycles. The number of nitrogen functional groups attached to an aromatic ring is 1. The predicted molar refractivity (Wildman–Crippen MR) is 59.1 cm³/mol. The maximum Gasteiger partial charge on any atom is 0.225 e. The lowest BCUT2D eigenvalue weighted by molar-refractivity contribution is 0.499. The molecule has 1 atom stereocenters. The molecule has 78 valence electrons. The molecule has 0 fully saturated rings. The van der Waals surface area contributed by atoms with Gasteiger partial charge in [0, 0.05) is 13.1 Å². The van der Waals surface area contributed by atoms with Crippen molar-refractivity contribution in [3.63, 3.8) is 0 Å². The monoisotopic (exact) mass is 194 g/mol. The van der Waals surface area contributed by atoms with E-state index >= 15 is 0 Å². The summed E-state index contributed by atoms with van der Waals surface area (Å²) in [4.78, 5) is 10.4. The van der Waals surface area contributed by atoms with Crippen molar-refractivity contribution in [3.05, 3.63) is 12.4 Å². The minimum absolute atomic E-state index is 0.415. The molecule has 0 amide bonds. The Labute approximate surface area is 85.2 Å². The van der Waals surface area contributed by atoms with Crippen molar-refractivity contribution < 1.29 is 0 Å². The van der Waals surface area contributed by atoms with Crippen LogP contribution in [0.4, 0.5) is 11.6 Å². The standard InChI is InChI=1S/C10H18N4/c1-7(2)8(3)14(4)10-12-5-9(11)6-13-10/h5-8H,11H2,1-4H3.